The molecule has 4 nitrogen and oxygen atoms in total. The molecular formula is C23H22FN3O. The maximum atomic E-state index is 13.3. The molecule has 0 fully saturated rings. The van der Waals surface area contributed by atoms with Crippen LogP contribution in [0, 0.1) is 5.82 Å². The highest BCUT2D eigenvalue weighted by molar-refractivity contribution is 5.69. The molecule has 5 heteroatoms. The Morgan fingerprint density at radius 1 is 1.11 bits per heavy atom. The predicted molar refractivity (Wildman–Crippen MR) is 109 cm³/mol. The number of aromatic nitrogens is 2. The van der Waals surface area contributed by atoms with Gasteiger partial charge in [0.25, 0.3) is 0 Å². The lowest BCUT2D eigenvalue weighted by Gasteiger charge is -2.16. The second-order valence-electron chi connectivity index (χ2n) is 6.95. The van der Waals surface area contributed by atoms with E-state index in [0.717, 1.165) is 34.5 Å². The molecule has 2 atom stereocenters. The molecule has 0 saturated carbocycles. The van der Waals surface area contributed by atoms with Gasteiger partial charge in [-0.1, -0.05) is 36.4 Å². The van der Waals surface area contributed by atoms with Crippen molar-refractivity contribution in [3.63, 3.8) is 0 Å². The quantitative estimate of drug-likeness (QED) is 0.640. The third-order valence-electron chi connectivity index (χ3n) is 5.09. The zero-order valence-corrected chi connectivity index (χ0v) is 15.4. The zero-order chi connectivity index (χ0) is 19.3. The van der Waals surface area contributed by atoms with E-state index in [4.69, 9.17) is 0 Å². The van der Waals surface area contributed by atoms with Gasteiger partial charge < -0.3 is 5.11 Å². The number of allylic oxidation sites excluding steroid dienone is 1. The number of aryl methyl sites for hydroxylation is 1. The third-order valence-corrected chi connectivity index (χ3v) is 5.09. The summed E-state index contributed by atoms with van der Waals surface area (Å²) < 4.78 is 13.3. The Hall–Kier alpha value is -3.05. The maximum absolute atomic E-state index is 13.3. The molecule has 1 aromatic heterocycles. The lowest BCUT2D eigenvalue weighted by Crippen LogP contribution is -2.06. The average Bonchev–Trinajstić information content (AvgIpc) is 3.17. The minimum Gasteiger partial charge on any atom is -0.388 e. The lowest BCUT2D eigenvalue weighted by atomic mass is 9.89. The van der Waals surface area contributed by atoms with E-state index in [9.17, 15) is 9.50 Å². The van der Waals surface area contributed by atoms with E-state index in [0.29, 0.717) is 12.8 Å². The van der Waals surface area contributed by atoms with Gasteiger partial charge in [0.2, 0.25) is 0 Å². The van der Waals surface area contributed by atoms with E-state index in [1.54, 1.807) is 18.3 Å². The first-order valence-electron chi connectivity index (χ1n) is 9.47. The minimum absolute atomic E-state index is 0.153. The molecule has 28 heavy (non-hydrogen) atoms. The van der Waals surface area contributed by atoms with Gasteiger partial charge in [-0.05, 0) is 49.1 Å². The van der Waals surface area contributed by atoms with Crippen LogP contribution in [0.25, 0.3) is 11.3 Å². The Morgan fingerprint density at radius 3 is 2.61 bits per heavy atom. The van der Waals surface area contributed by atoms with Crippen molar-refractivity contribution in [1.29, 1.82) is 0 Å². The van der Waals surface area contributed by atoms with Crippen LogP contribution in [0.1, 0.15) is 41.7 Å². The van der Waals surface area contributed by atoms with Gasteiger partial charge in [0.1, 0.15) is 5.82 Å². The van der Waals surface area contributed by atoms with Crippen molar-refractivity contribution in [2.24, 2.45) is 4.99 Å². The SMILES string of the molecule is OC(CCc1[nH]nc(-c2ccc(F)cc2)c1C1C=CN=CC1)c1ccccc1. The highest BCUT2D eigenvalue weighted by Gasteiger charge is 2.23. The van der Waals surface area contributed by atoms with Crippen LogP contribution in [0.3, 0.4) is 0 Å². The molecule has 1 aliphatic heterocycles. The molecule has 142 valence electrons. The zero-order valence-electron chi connectivity index (χ0n) is 15.4. The Morgan fingerprint density at radius 2 is 1.89 bits per heavy atom. The number of nitrogens with one attached hydrogen (secondary N) is 1. The minimum atomic E-state index is -0.532. The van der Waals surface area contributed by atoms with Crippen LogP contribution >= 0.6 is 0 Å². The van der Waals surface area contributed by atoms with Gasteiger partial charge in [-0.3, -0.25) is 10.1 Å². The van der Waals surface area contributed by atoms with Gasteiger partial charge in [0, 0.05) is 35.2 Å². The molecule has 4 rings (SSSR count). The molecule has 0 saturated heterocycles. The van der Waals surface area contributed by atoms with Gasteiger partial charge in [0.05, 0.1) is 11.8 Å². The summed E-state index contributed by atoms with van der Waals surface area (Å²) in [5.41, 5.74) is 4.70. The molecule has 0 radical (unpaired) electrons. The van der Waals surface area contributed by atoms with Crippen LogP contribution in [-0.2, 0) is 6.42 Å². The molecule has 2 heterocycles. The van der Waals surface area contributed by atoms with E-state index in [1.165, 1.54) is 12.1 Å². The summed E-state index contributed by atoms with van der Waals surface area (Å²) in [6.07, 6.45) is 7.28. The fraction of sp³-hybridized carbons (Fsp3) is 0.217. The standard InChI is InChI=1S/C23H22FN3O/c24-19-8-6-18(7-9-19)23-22(17-12-14-25-15-13-17)20(26-27-23)10-11-21(28)16-4-2-1-3-5-16/h1-9,12,14-15,17,21,28H,10-11,13H2,(H,26,27). The molecule has 0 amide bonds. The molecule has 0 bridgehead atoms. The van der Waals surface area contributed by atoms with Gasteiger partial charge in [0.15, 0.2) is 0 Å². The molecule has 2 aromatic carbocycles. The van der Waals surface area contributed by atoms with Crippen molar-refractivity contribution in [3.8, 4) is 11.3 Å². The number of benzene rings is 2. The largest absolute Gasteiger partial charge is 0.388 e. The summed E-state index contributed by atoms with van der Waals surface area (Å²) in [4.78, 5) is 4.17. The van der Waals surface area contributed by atoms with Crippen molar-refractivity contribution in [2.45, 2.75) is 31.3 Å². The van der Waals surface area contributed by atoms with Gasteiger partial charge in [-0.2, -0.15) is 5.10 Å². The van der Waals surface area contributed by atoms with E-state index in [2.05, 4.69) is 21.3 Å². The number of nitrogens with zero attached hydrogens (tertiary/aromatic N) is 2. The fourth-order valence-corrected chi connectivity index (χ4v) is 3.61. The van der Waals surface area contributed by atoms with Crippen molar-refractivity contribution >= 4 is 6.21 Å². The van der Waals surface area contributed by atoms with Crippen LogP contribution in [0.15, 0.2) is 71.9 Å². The monoisotopic (exact) mass is 375 g/mol. The average molecular weight is 375 g/mol. The maximum Gasteiger partial charge on any atom is 0.123 e. The highest BCUT2D eigenvalue weighted by atomic mass is 19.1. The summed E-state index contributed by atoms with van der Waals surface area (Å²) in [6, 6.07) is 16.1. The number of aliphatic hydroxyl groups is 1. The topological polar surface area (TPSA) is 61.3 Å². The van der Waals surface area contributed by atoms with Gasteiger partial charge in [-0.15, -0.1) is 0 Å². The Balaban J connectivity index is 1.62. The van der Waals surface area contributed by atoms with Crippen molar-refractivity contribution < 1.29 is 9.50 Å². The number of aliphatic imine (C=N–C) groups is 1. The molecule has 2 N–H and O–H groups in total. The van der Waals surface area contributed by atoms with Crippen LogP contribution in [0.2, 0.25) is 0 Å². The number of halogens is 1. The molecule has 0 spiro atoms. The smallest absolute Gasteiger partial charge is 0.123 e. The number of aromatic amines is 1. The molecule has 1 aliphatic rings. The number of hydrogen-bond acceptors (Lipinski definition) is 3. The van der Waals surface area contributed by atoms with E-state index < -0.39 is 6.10 Å². The lowest BCUT2D eigenvalue weighted by molar-refractivity contribution is 0.167. The van der Waals surface area contributed by atoms with E-state index in [1.807, 2.05) is 36.5 Å². The first-order chi connectivity index (χ1) is 13.7. The van der Waals surface area contributed by atoms with Crippen molar-refractivity contribution in [2.75, 3.05) is 0 Å². The Labute approximate surface area is 163 Å². The Kier molecular flexibility index (Phi) is 5.44. The van der Waals surface area contributed by atoms with Crippen LogP contribution in [0.5, 0.6) is 0 Å². The Bertz CT molecular complexity index is 977. The second kappa shape index (κ2) is 8.31. The van der Waals surface area contributed by atoms with Gasteiger partial charge >= 0.3 is 0 Å². The summed E-state index contributed by atoms with van der Waals surface area (Å²) in [5, 5.41) is 18.2. The first-order valence-corrected chi connectivity index (χ1v) is 9.47. The number of aliphatic hydroxyl groups excluding tert-OH is 1. The molecule has 2 unspecified atom stereocenters. The fourth-order valence-electron chi connectivity index (χ4n) is 3.61. The third kappa shape index (κ3) is 3.94. The summed E-state index contributed by atoms with van der Waals surface area (Å²) in [5.74, 6) is -0.114. The number of hydrogen-bond donors (Lipinski definition) is 2. The summed E-state index contributed by atoms with van der Waals surface area (Å²) >= 11 is 0. The number of H-pyrrole nitrogens is 1. The number of rotatable bonds is 6. The summed E-state index contributed by atoms with van der Waals surface area (Å²) in [6.45, 7) is 0. The van der Waals surface area contributed by atoms with Crippen LogP contribution in [0.4, 0.5) is 4.39 Å². The molecule has 3 aromatic rings. The summed E-state index contributed by atoms with van der Waals surface area (Å²) in [7, 11) is 0. The predicted octanol–water partition coefficient (Wildman–Crippen LogP) is 4.95. The van der Waals surface area contributed by atoms with E-state index >= 15 is 0 Å². The second-order valence-corrected chi connectivity index (χ2v) is 6.95. The van der Waals surface area contributed by atoms with E-state index in [-0.39, 0.29) is 11.7 Å². The van der Waals surface area contributed by atoms with Crippen molar-refractivity contribution in [3.05, 3.63) is 89.5 Å². The van der Waals surface area contributed by atoms with Gasteiger partial charge in [-0.25, -0.2) is 4.39 Å². The highest BCUT2D eigenvalue weighted by Crippen LogP contribution is 2.35. The van der Waals surface area contributed by atoms with Crippen molar-refractivity contribution in [1.82, 2.24) is 10.2 Å². The van der Waals surface area contributed by atoms with Crippen LogP contribution in [-0.4, -0.2) is 21.5 Å². The normalized spacial score (nSPS) is 17.0. The first kappa shape index (κ1) is 18.3. The molecule has 0 aliphatic carbocycles. The van der Waals surface area contributed by atoms with Crippen LogP contribution < -0.4 is 0 Å². The molecular weight excluding hydrogens is 353 g/mol.